The highest BCUT2D eigenvalue weighted by Gasteiger charge is 2.01. The predicted molar refractivity (Wildman–Crippen MR) is 65.4 cm³/mol. The van der Waals surface area contributed by atoms with Gasteiger partial charge in [-0.1, -0.05) is 39.5 Å². The van der Waals surface area contributed by atoms with Gasteiger partial charge in [0.05, 0.1) is 6.61 Å². The van der Waals surface area contributed by atoms with Gasteiger partial charge in [-0.25, -0.2) is 0 Å². The van der Waals surface area contributed by atoms with Gasteiger partial charge in [-0.3, -0.25) is 4.79 Å². The molecule has 0 atom stereocenters. The van der Waals surface area contributed by atoms with Crippen LogP contribution in [0.5, 0.6) is 0 Å². The largest absolute Gasteiger partial charge is 0.463 e. The minimum atomic E-state index is -0.0920. The van der Waals surface area contributed by atoms with Gasteiger partial charge in [-0.05, 0) is 12.8 Å². The van der Waals surface area contributed by atoms with Crippen LogP contribution in [-0.2, 0) is 14.3 Å². The Kier molecular flexibility index (Phi) is 12.1. The fraction of sp³-hybridized carbons (Fsp3) is 0.923. The van der Waals surface area contributed by atoms with E-state index in [1.54, 1.807) is 0 Å². The summed E-state index contributed by atoms with van der Waals surface area (Å²) >= 11 is 0. The zero-order valence-electron chi connectivity index (χ0n) is 10.8. The van der Waals surface area contributed by atoms with Gasteiger partial charge >= 0.3 is 5.97 Å². The van der Waals surface area contributed by atoms with E-state index in [1.807, 2.05) is 0 Å². The summed E-state index contributed by atoms with van der Waals surface area (Å²) in [6, 6.07) is 0. The molecule has 0 aliphatic heterocycles. The second-order valence-electron chi connectivity index (χ2n) is 4.00. The van der Waals surface area contributed by atoms with Crippen LogP contribution in [0.2, 0.25) is 0 Å². The van der Waals surface area contributed by atoms with Crippen molar-refractivity contribution in [2.75, 3.05) is 19.8 Å². The summed E-state index contributed by atoms with van der Waals surface area (Å²) < 4.78 is 10.4. The van der Waals surface area contributed by atoms with E-state index >= 15 is 0 Å². The third kappa shape index (κ3) is 11.5. The van der Waals surface area contributed by atoms with Crippen molar-refractivity contribution in [3.63, 3.8) is 0 Å². The molecule has 0 fully saturated rings. The summed E-state index contributed by atoms with van der Waals surface area (Å²) in [5, 5.41) is 0. The molecule has 0 radical (unpaired) electrons. The average molecular weight is 230 g/mol. The highest BCUT2D eigenvalue weighted by atomic mass is 16.6. The Bertz CT molecular complexity index is 157. The Balaban J connectivity index is 3.09. The first-order chi connectivity index (χ1) is 7.81. The maximum absolute atomic E-state index is 11.2. The van der Waals surface area contributed by atoms with Crippen LogP contribution in [0.4, 0.5) is 0 Å². The van der Waals surface area contributed by atoms with E-state index in [-0.39, 0.29) is 5.97 Å². The zero-order valence-corrected chi connectivity index (χ0v) is 10.8. The molecule has 0 N–H and O–H groups in total. The monoisotopic (exact) mass is 230 g/mol. The molecule has 0 aliphatic carbocycles. The van der Waals surface area contributed by atoms with Gasteiger partial charge in [0.15, 0.2) is 0 Å². The minimum absolute atomic E-state index is 0.0920. The number of esters is 1. The van der Waals surface area contributed by atoms with E-state index in [9.17, 15) is 4.79 Å². The number of unbranched alkanes of at least 4 members (excludes halogenated alkanes) is 4. The molecule has 16 heavy (non-hydrogen) atoms. The van der Waals surface area contributed by atoms with Crippen molar-refractivity contribution < 1.29 is 14.3 Å². The lowest BCUT2D eigenvalue weighted by atomic mass is 10.2. The van der Waals surface area contributed by atoms with Crippen molar-refractivity contribution in [1.29, 1.82) is 0 Å². The lowest BCUT2D eigenvalue weighted by Gasteiger charge is -2.05. The average Bonchev–Trinajstić information content (AvgIpc) is 2.28. The molecule has 0 aromatic rings. The van der Waals surface area contributed by atoms with Crippen LogP contribution in [0.15, 0.2) is 0 Å². The maximum atomic E-state index is 11.2. The fourth-order valence-electron chi connectivity index (χ4n) is 1.36. The highest BCUT2D eigenvalue weighted by molar-refractivity contribution is 5.69. The lowest BCUT2D eigenvalue weighted by Crippen LogP contribution is -2.10. The van der Waals surface area contributed by atoms with Crippen molar-refractivity contribution in [3.05, 3.63) is 0 Å². The summed E-state index contributed by atoms with van der Waals surface area (Å²) in [6.07, 6.45) is 7.22. The van der Waals surface area contributed by atoms with Gasteiger partial charge < -0.3 is 9.47 Å². The van der Waals surface area contributed by atoms with E-state index in [0.717, 1.165) is 32.3 Å². The third-order valence-corrected chi connectivity index (χ3v) is 2.37. The molecule has 96 valence electrons. The molecule has 0 saturated carbocycles. The summed E-state index contributed by atoms with van der Waals surface area (Å²) in [5.41, 5.74) is 0. The molecule has 0 aliphatic rings. The first-order valence-electron chi connectivity index (χ1n) is 6.54. The van der Waals surface area contributed by atoms with E-state index < -0.39 is 0 Å². The van der Waals surface area contributed by atoms with Crippen molar-refractivity contribution in [2.24, 2.45) is 0 Å². The maximum Gasteiger partial charge on any atom is 0.305 e. The molecule has 0 spiro atoms. The SMILES string of the molecule is CCCCCOCCOC(=O)CCCCC. The molecule has 0 aromatic carbocycles. The molecule has 0 aromatic heterocycles. The molecule has 3 heteroatoms. The Hall–Kier alpha value is -0.570. The minimum Gasteiger partial charge on any atom is -0.463 e. The van der Waals surface area contributed by atoms with Gasteiger partial charge in [0.25, 0.3) is 0 Å². The molecule has 0 rings (SSSR count). The number of hydrogen-bond acceptors (Lipinski definition) is 3. The summed E-state index contributed by atoms with van der Waals surface area (Å²) in [5.74, 6) is -0.0920. The molecular formula is C13H26O3. The Morgan fingerprint density at radius 3 is 2.25 bits per heavy atom. The lowest BCUT2D eigenvalue weighted by molar-refractivity contribution is -0.145. The number of ether oxygens (including phenoxy) is 2. The van der Waals surface area contributed by atoms with Gasteiger partial charge in [0, 0.05) is 13.0 Å². The quantitative estimate of drug-likeness (QED) is 0.403. The van der Waals surface area contributed by atoms with Crippen molar-refractivity contribution >= 4 is 5.97 Å². The van der Waals surface area contributed by atoms with Gasteiger partial charge in [0.1, 0.15) is 6.61 Å². The number of hydrogen-bond donors (Lipinski definition) is 0. The number of rotatable bonds is 11. The molecule has 0 heterocycles. The van der Waals surface area contributed by atoms with Crippen LogP contribution >= 0.6 is 0 Å². The molecule has 0 unspecified atom stereocenters. The van der Waals surface area contributed by atoms with Crippen LogP contribution in [-0.4, -0.2) is 25.8 Å². The van der Waals surface area contributed by atoms with E-state index in [2.05, 4.69) is 13.8 Å². The molecular weight excluding hydrogens is 204 g/mol. The fourth-order valence-corrected chi connectivity index (χ4v) is 1.36. The van der Waals surface area contributed by atoms with Gasteiger partial charge in [-0.2, -0.15) is 0 Å². The predicted octanol–water partition coefficient (Wildman–Crippen LogP) is 3.32. The standard InChI is InChI=1S/C13H26O3/c1-3-5-7-9-13(14)16-12-11-15-10-8-6-4-2/h3-12H2,1-2H3. The number of carbonyl (C=O) groups is 1. The summed E-state index contributed by atoms with van der Waals surface area (Å²) in [6.45, 7) is 6.00. The van der Waals surface area contributed by atoms with Gasteiger partial charge in [0.2, 0.25) is 0 Å². The van der Waals surface area contributed by atoms with Crippen LogP contribution < -0.4 is 0 Å². The zero-order chi connectivity index (χ0) is 12.1. The molecule has 0 bridgehead atoms. The summed E-state index contributed by atoms with van der Waals surface area (Å²) in [4.78, 5) is 11.2. The number of carbonyl (C=O) groups excluding carboxylic acids is 1. The Morgan fingerprint density at radius 2 is 1.56 bits per heavy atom. The second kappa shape index (κ2) is 12.5. The van der Waals surface area contributed by atoms with Crippen LogP contribution in [0, 0.1) is 0 Å². The topological polar surface area (TPSA) is 35.5 Å². The van der Waals surface area contributed by atoms with E-state index in [0.29, 0.717) is 19.6 Å². The van der Waals surface area contributed by atoms with E-state index in [4.69, 9.17) is 9.47 Å². The summed E-state index contributed by atoms with van der Waals surface area (Å²) in [7, 11) is 0. The van der Waals surface area contributed by atoms with Crippen molar-refractivity contribution in [3.8, 4) is 0 Å². The Morgan fingerprint density at radius 1 is 0.875 bits per heavy atom. The van der Waals surface area contributed by atoms with Crippen molar-refractivity contribution in [2.45, 2.75) is 58.8 Å². The first-order valence-corrected chi connectivity index (χ1v) is 6.54. The van der Waals surface area contributed by atoms with Crippen LogP contribution in [0.1, 0.15) is 58.8 Å². The normalized spacial score (nSPS) is 10.4. The van der Waals surface area contributed by atoms with Crippen LogP contribution in [0.25, 0.3) is 0 Å². The van der Waals surface area contributed by atoms with Crippen LogP contribution in [0.3, 0.4) is 0 Å². The van der Waals surface area contributed by atoms with Crippen molar-refractivity contribution in [1.82, 2.24) is 0 Å². The smallest absolute Gasteiger partial charge is 0.305 e. The third-order valence-electron chi connectivity index (χ3n) is 2.37. The van der Waals surface area contributed by atoms with Gasteiger partial charge in [-0.15, -0.1) is 0 Å². The second-order valence-corrected chi connectivity index (χ2v) is 4.00. The van der Waals surface area contributed by atoms with E-state index in [1.165, 1.54) is 12.8 Å². The molecule has 3 nitrogen and oxygen atoms in total. The Labute approximate surface area is 99.5 Å². The molecule has 0 saturated heterocycles. The highest BCUT2D eigenvalue weighted by Crippen LogP contribution is 2.00. The first kappa shape index (κ1) is 15.4. The molecule has 0 amide bonds.